The quantitative estimate of drug-likeness (QED) is 0.0256. The number of nitrogens with zero attached hydrogens (tertiary/aromatic N) is 1. The van der Waals surface area contributed by atoms with E-state index in [9.17, 15) is 19.0 Å². The molecule has 0 fully saturated rings. The van der Waals surface area contributed by atoms with Gasteiger partial charge in [0.1, 0.15) is 19.8 Å². The summed E-state index contributed by atoms with van der Waals surface area (Å²) in [4.78, 5) is 38.1. The van der Waals surface area contributed by atoms with Crippen molar-refractivity contribution in [3.8, 4) is 0 Å². The van der Waals surface area contributed by atoms with Crippen molar-refractivity contribution in [3.63, 3.8) is 0 Å². The monoisotopic (exact) mass is 1210 g/mol. The van der Waals surface area contributed by atoms with Gasteiger partial charge in [-0.1, -0.05) is 386 Å². The average molecular weight is 1210 g/mol. The van der Waals surface area contributed by atoms with Crippen LogP contribution in [0.2, 0.25) is 0 Å². The van der Waals surface area contributed by atoms with Crippen LogP contribution in [0.4, 0.5) is 0 Å². The molecule has 0 aliphatic carbocycles. The molecule has 0 aliphatic rings. The molecule has 0 aromatic carbocycles. The summed E-state index contributed by atoms with van der Waals surface area (Å²) >= 11 is 0. The fourth-order valence-electron chi connectivity index (χ4n) is 11.8. The van der Waals surface area contributed by atoms with Crippen LogP contribution in [-0.2, 0) is 32.7 Å². The average Bonchev–Trinajstić information content (AvgIpc) is 3.61. The SMILES string of the molecule is CCCCCCCCCCCCCCCCCCCCCCCCCCCCCCCCCCCC(=O)OC(COC(=O)CCCCCCCCCCCCCCCCCCCCCCCCCCCCC)COP(=O)([O-])OCC[N+](C)(C)C. The molecule has 0 spiro atoms. The molecule has 0 heterocycles. The molecule has 502 valence electrons. The molecule has 0 rings (SSSR count). The number of carbonyl (C=O) groups excluding carboxylic acids is 2. The van der Waals surface area contributed by atoms with Gasteiger partial charge in [0.2, 0.25) is 0 Å². The summed E-state index contributed by atoms with van der Waals surface area (Å²) in [6, 6.07) is 0. The minimum Gasteiger partial charge on any atom is -0.756 e. The highest BCUT2D eigenvalue weighted by molar-refractivity contribution is 7.45. The molecule has 9 nitrogen and oxygen atoms in total. The van der Waals surface area contributed by atoms with Gasteiger partial charge < -0.3 is 27.9 Å². The Morgan fingerprint density at radius 3 is 0.762 bits per heavy atom. The van der Waals surface area contributed by atoms with Crippen LogP contribution in [0, 0.1) is 0 Å². The molecule has 10 heteroatoms. The lowest BCUT2D eigenvalue weighted by atomic mass is 10.0. The Labute approximate surface area is 524 Å². The molecule has 0 aromatic rings. The van der Waals surface area contributed by atoms with Gasteiger partial charge in [-0.05, 0) is 12.8 Å². The smallest absolute Gasteiger partial charge is 0.306 e. The first-order chi connectivity index (χ1) is 41.0. The van der Waals surface area contributed by atoms with Crippen LogP contribution in [0.5, 0.6) is 0 Å². The molecule has 0 aliphatic heterocycles. The normalized spacial score (nSPS) is 13.0. The van der Waals surface area contributed by atoms with Crippen LogP contribution in [0.1, 0.15) is 412 Å². The Hall–Kier alpha value is -0.990. The van der Waals surface area contributed by atoms with Gasteiger partial charge in [0, 0.05) is 12.8 Å². The third kappa shape index (κ3) is 70.1. The molecule has 0 radical (unpaired) electrons. The van der Waals surface area contributed by atoms with Gasteiger partial charge in [-0.3, -0.25) is 14.2 Å². The number of rotatable bonds is 72. The number of phosphoric ester groups is 1. The lowest BCUT2D eigenvalue weighted by Gasteiger charge is -2.28. The summed E-state index contributed by atoms with van der Waals surface area (Å²) < 4.78 is 34.4. The van der Waals surface area contributed by atoms with E-state index in [4.69, 9.17) is 18.5 Å². The lowest BCUT2D eigenvalue weighted by Crippen LogP contribution is -2.37. The van der Waals surface area contributed by atoms with Gasteiger partial charge >= 0.3 is 11.9 Å². The van der Waals surface area contributed by atoms with E-state index in [-0.39, 0.29) is 32.0 Å². The van der Waals surface area contributed by atoms with Crippen molar-refractivity contribution in [1.29, 1.82) is 0 Å². The summed E-state index contributed by atoms with van der Waals surface area (Å²) in [5.74, 6) is -0.802. The fourth-order valence-corrected chi connectivity index (χ4v) is 12.6. The topological polar surface area (TPSA) is 111 Å². The number of esters is 2. The van der Waals surface area contributed by atoms with Gasteiger partial charge in [0.15, 0.2) is 6.10 Å². The van der Waals surface area contributed by atoms with Gasteiger partial charge in [-0.15, -0.1) is 0 Å². The van der Waals surface area contributed by atoms with Crippen molar-refractivity contribution in [2.45, 2.75) is 418 Å². The third-order valence-electron chi connectivity index (χ3n) is 17.6. The first kappa shape index (κ1) is 83.0. The maximum atomic E-state index is 12.9. The van der Waals surface area contributed by atoms with Crippen LogP contribution in [0.3, 0.4) is 0 Å². The number of ether oxygens (including phenoxy) is 2. The van der Waals surface area contributed by atoms with E-state index in [0.29, 0.717) is 17.4 Å². The highest BCUT2D eigenvalue weighted by Crippen LogP contribution is 2.38. The van der Waals surface area contributed by atoms with E-state index >= 15 is 0 Å². The van der Waals surface area contributed by atoms with Crippen molar-refractivity contribution in [2.24, 2.45) is 0 Å². The van der Waals surface area contributed by atoms with Crippen molar-refractivity contribution >= 4 is 19.8 Å². The molecule has 0 saturated carbocycles. The summed E-state index contributed by atoms with van der Waals surface area (Å²) in [6.45, 7) is 4.35. The Bertz CT molecular complexity index is 1370. The zero-order valence-corrected chi connectivity index (χ0v) is 58.3. The van der Waals surface area contributed by atoms with Crippen molar-refractivity contribution < 1.29 is 42.1 Å². The number of quaternary nitrogens is 1. The Kier molecular flexibility index (Phi) is 65.6. The molecule has 0 N–H and O–H groups in total. The second-order valence-electron chi connectivity index (χ2n) is 27.4. The number of carbonyl (C=O) groups is 2. The number of unbranched alkanes of at least 4 members (excludes halogenated alkanes) is 58. The molecule has 84 heavy (non-hydrogen) atoms. The largest absolute Gasteiger partial charge is 0.756 e. The molecule has 0 bridgehead atoms. The third-order valence-corrected chi connectivity index (χ3v) is 18.6. The summed E-state index contributed by atoms with van der Waals surface area (Å²) in [5.41, 5.74) is 0. The first-order valence-corrected chi connectivity index (χ1v) is 39.2. The van der Waals surface area contributed by atoms with Gasteiger partial charge in [-0.2, -0.15) is 0 Å². The molecule has 2 unspecified atom stereocenters. The zero-order chi connectivity index (χ0) is 61.2. The van der Waals surface area contributed by atoms with Crippen LogP contribution in [0.25, 0.3) is 0 Å². The van der Waals surface area contributed by atoms with E-state index in [0.717, 1.165) is 32.1 Å². The Balaban J connectivity index is 3.92. The predicted molar refractivity (Wildman–Crippen MR) is 361 cm³/mol. The van der Waals surface area contributed by atoms with Crippen LogP contribution < -0.4 is 4.89 Å². The number of hydrogen-bond donors (Lipinski definition) is 0. The van der Waals surface area contributed by atoms with Crippen molar-refractivity contribution in [2.75, 3.05) is 47.5 Å². The zero-order valence-electron chi connectivity index (χ0n) is 57.4. The second-order valence-corrected chi connectivity index (χ2v) is 28.8. The molecule has 2 atom stereocenters. The highest BCUT2D eigenvalue weighted by atomic mass is 31.2. The maximum Gasteiger partial charge on any atom is 0.306 e. The van der Waals surface area contributed by atoms with Gasteiger partial charge in [0.05, 0.1) is 27.7 Å². The number of hydrogen-bond acceptors (Lipinski definition) is 8. The standard InChI is InChI=1S/C74H148NO8P/c1-6-8-10-12-14-16-18-20-22-24-26-28-30-32-34-35-36-37-38-39-41-43-45-47-49-51-53-55-57-59-61-63-65-67-74(77)83-72(71-82-84(78,79)81-69-68-75(3,4)5)70-80-73(76)66-64-62-60-58-56-54-52-50-48-46-44-42-40-33-31-29-27-25-23-21-19-17-15-13-11-9-7-2/h72H,6-71H2,1-5H3. The second kappa shape index (κ2) is 66.4. The van der Waals surface area contributed by atoms with E-state index < -0.39 is 26.5 Å². The number of likely N-dealkylation sites (N-methyl/N-ethyl adjacent to an activating group) is 1. The van der Waals surface area contributed by atoms with E-state index in [1.54, 1.807) is 0 Å². The van der Waals surface area contributed by atoms with Crippen LogP contribution >= 0.6 is 7.82 Å². The van der Waals surface area contributed by atoms with Crippen LogP contribution in [-0.4, -0.2) is 70.0 Å². The number of phosphoric acid groups is 1. The molecular weight excluding hydrogens is 1060 g/mol. The molecular formula is C74H148NO8P. The van der Waals surface area contributed by atoms with Crippen LogP contribution in [0.15, 0.2) is 0 Å². The predicted octanol–water partition coefficient (Wildman–Crippen LogP) is 23.9. The van der Waals surface area contributed by atoms with Gasteiger partial charge in [0.25, 0.3) is 7.82 Å². The fraction of sp³-hybridized carbons (Fsp3) is 0.973. The van der Waals surface area contributed by atoms with Gasteiger partial charge in [-0.25, -0.2) is 0 Å². The summed E-state index contributed by atoms with van der Waals surface area (Å²) in [6.07, 6.45) is 80.7. The summed E-state index contributed by atoms with van der Waals surface area (Å²) in [5, 5.41) is 0. The minimum atomic E-state index is -4.64. The van der Waals surface area contributed by atoms with E-state index in [2.05, 4.69) is 13.8 Å². The minimum absolute atomic E-state index is 0.0247. The first-order valence-electron chi connectivity index (χ1n) is 37.7. The molecule has 0 saturated heterocycles. The Morgan fingerprint density at radius 2 is 0.536 bits per heavy atom. The summed E-state index contributed by atoms with van der Waals surface area (Å²) in [7, 11) is 1.20. The lowest BCUT2D eigenvalue weighted by molar-refractivity contribution is -0.870. The highest BCUT2D eigenvalue weighted by Gasteiger charge is 2.22. The molecule has 0 aromatic heterocycles. The van der Waals surface area contributed by atoms with Crippen molar-refractivity contribution in [3.05, 3.63) is 0 Å². The maximum absolute atomic E-state index is 12.9. The van der Waals surface area contributed by atoms with Crippen molar-refractivity contribution in [1.82, 2.24) is 0 Å². The van der Waals surface area contributed by atoms with E-state index in [1.807, 2.05) is 21.1 Å². The Morgan fingerprint density at radius 1 is 0.321 bits per heavy atom. The molecule has 0 amide bonds. The van der Waals surface area contributed by atoms with E-state index in [1.165, 1.54) is 347 Å².